The summed E-state index contributed by atoms with van der Waals surface area (Å²) < 4.78 is 7.38. The summed E-state index contributed by atoms with van der Waals surface area (Å²) in [6, 6.07) is 26.6. The van der Waals surface area contributed by atoms with Gasteiger partial charge in [0.25, 0.3) is 6.33 Å². The van der Waals surface area contributed by atoms with E-state index in [2.05, 4.69) is 134 Å². The molecule has 3 aromatic heterocycles. The Morgan fingerprint density at radius 3 is 2.44 bits per heavy atom. The fraction of sp³-hybridized carbons (Fsp3) is 0.353. The molecule has 0 aliphatic carbocycles. The number of benzene rings is 2. The van der Waals surface area contributed by atoms with Crippen LogP contribution < -0.4 is 9.13 Å². The Kier molecular flexibility index (Phi) is 5.16. The molecule has 0 radical (unpaired) electrons. The molecule has 0 fully saturated rings. The molecular formula is C34H37N5+2. The summed E-state index contributed by atoms with van der Waals surface area (Å²) in [5.74, 6) is 0. The zero-order chi connectivity index (χ0) is 27.0. The standard InChI is InChI=1S/C34H37N5/c1-6-33(7-2)21-34(22-39-29(20-30(36-39)32(3,4)5)28-18-12-13-19-37(28)34)26-16-10-8-14-24(26)31-25-15-9-11-17-27(25)35-23-38(31)33/h8-20,23H,6-7,21-22H2,1-5H3/q+2. The second-order valence-electron chi connectivity index (χ2n) is 12.4. The Balaban J connectivity index is 1.61. The monoisotopic (exact) mass is 515 g/mol. The van der Waals surface area contributed by atoms with Gasteiger partial charge >= 0.3 is 0 Å². The molecule has 5 nitrogen and oxygen atoms in total. The van der Waals surface area contributed by atoms with Crippen LogP contribution in [0, 0.1) is 0 Å². The van der Waals surface area contributed by atoms with Crippen LogP contribution in [0.15, 0.2) is 85.3 Å². The molecule has 7 rings (SSSR count). The van der Waals surface area contributed by atoms with Crippen LogP contribution in [-0.4, -0.2) is 14.8 Å². The first kappa shape index (κ1) is 24.2. The Bertz CT molecular complexity index is 1740. The Morgan fingerprint density at radius 1 is 0.897 bits per heavy atom. The van der Waals surface area contributed by atoms with E-state index in [0.29, 0.717) is 0 Å². The van der Waals surface area contributed by atoms with E-state index < -0.39 is 0 Å². The van der Waals surface area contributed by atoms with Crippen LogP contribution in [0.25, 0.3) is 33.5 Å². The smallest absolute Gasteiger partial charge is 0.251 e. The first-order valence-electron chi connectivity index (χ1n) is 14.3. The van der Waals surface area contributed by atoms with E-state index >= 15 is 0 Å². The molecule has 5 aromatic rings. The third-order valence-corrected chi connectivity index (χ3v) is 9.39. The number of pyridine rings is 1. The third-order valence-electron chi connectivity index (χ3n) is 9.39. The minimum atomic E-state index is -0.319. The van der Waals surface area contributed by atoms with Crippen molar-refractivity contribution in [3.05, 3.63) is 96.6 Å². The minimum Gasteiger partial charge on any atom is -0.251 e. The van der Waals surface area contributed by atoms with Gasteiger partial charge in [0.05, 0.1) is 17.5 Å². The summed E-state index contributed by atoms with van der Waals surface area (Å²) in [5.41, 5.74) is 8.05. The highest BCUT2D eigenvalue weighted by Crippen LogP contribution is 2.47. The van der Waals surface area contributed by atoms with Gasteiger partial charge in [-0.1, -0.05) is 71.0 Å². The molecular weight excluding hydrogens is 478 g/mol. The molecule has 2 aliphatic heterocycles. The van der Waals surface area contributed by atoms with E-state index in [0.717, 1.165) is 37.0 Å². The predicted octanol–water partition coefficient (Wildman–Crippen LogP) is 6.31. The summed E-state index contributed by atoms with van der Waals surface area (Å²) in [5, 5.41) is 6.46. The zero-order valence-corrected chi connectivity index (χ0v) is 23.6. The highest BCUT2D eigenvalue weighted by Gasteiger charge is 2.58. The van der Waals surface area contributed by atoms with Gasteiger partial charge in [-0.2, -0.15) is 9.67 Å². The topological polar surface area (TPSA) is 38.5 Å². The first-order valence-corrected chi connectivity index (χ1v) is 14.3. The molecule has 2 aliphatic rings. The first-order chi connectivity index (χ1) is 18.8. The highest BCUT2D eigenvalue weighted by atomic mass is 15.3. The van der Waals surface area contributed by atoms with Crippen molar-refractivity contribution >= 4 is 10.9 Å². The molecule has 1 unspecified atom stereocenters. The maximum absolute atomic E-state index is 5.26. The van der Waals surface area contributed by atoms with E-state index in [9.17, 15) is 0 Å². The van der Waals surface area contributed by atoms with Crippen LogP contribution in [0.3, 0.4) is 0 Å². The van der Waals surface area contributed by atoms with Crippen molar-refractivity contribution in [3.8, 4) is 22.6 Å². The molecule has 1 atom stereocenters. The lowest BCUT2D eigenvalue weighted by Gasteiger charge is -2.39. The van der Waals surface area contributed by atoms with Crippen LogP contribution in [0.5, 0.6) is 0 Å². The fourth-order valence-corrected chi connectivity index (χ4v) is 7.20. The molecule has 0 N–H and O–H groups in total. The lowest BCUT2D eigenvalue weighted by molar-refractivity contribution is -0.791. The maximum atomic E-state index is 5.26. The Labute approximate surface area is 230 Å². The van der Waals surface area contributed by atoms with Crippen molar-refractivity contribution in [1.82, 2.24) is 14.8 Å². The fourth-order valence-electron chi connectivity index (χ4n) is 7.20. The number of para-hydroxylation sites is 1. The summed E-state index contributed by atoms with van der Waals surface area (Å²) in [6.45, 7) is 12.2. The molecule has 0 saturated heterocycles. The highest BCUT2D eigenvalue weighted by molar-refractivity contribution is 5.91. The van der Waals surface area contributed by atoms with Gasteiger partial charge < -0.3 is 0 Å². The SMILES string of the molecule is CCC1(CC)CC2(Cn3nc(C(C)(C)C)cc3-c3cccc[n+]32)c2ccccc2-c2c3ccccc3nc[n+]21. The summed E-state index contributed by atoms with van der Waals surface area (Å²) in [4.78, 5) is 4.98. The number of rotatable bonds is 2. The van der Waals surface area contributed by atoms with E-state index in [1.54, 1.807) is 0 Å². The van der Waals surface area contributed by atoms with Crippen LogP contribution in [-0.2, 0) is 23.0 Å². The predicted molar refractivity (Wildman–Crippen MR) is 154 cm³/mol. The van der Waals surface area contributed by atoms with E-state index in [1.165, 1.54) is 33.6 Å². The van der Waals surface area contributed by atoms with E-state index in [4.69, 9.17) is 10.1 Å². The number of fused-ring (bicyclic) bond motifs is 10. The molecule has 5 heterocycles. The van der Waals surface area contributed by atoms with Crippen LogP contribution in [0.4, 0.5) is 0 Å². The second kappa shape index (κ2) is 8.32. The van der Waals surface area contributed by atoms with Crippen molar-refractivity contribution < 1.29 is 9.13 Å². The van der Waals surface area contributed by atoms with Gasteiger partial charge in [-0.05, 0) is 42.1 Å². The van der Waals surface area contributed by atoms with Gasteiger partial charge in [-0.15, -0.1) is 0 Å². The molecule has 5 heteroatoms. The van der Waals surface area contributed by atoms with Crippen LogP contribution in [0.1, 0.15) is 65.1 Å². The molecule has 2 aromatic carbocycles. The molecule has 0 amide bonds. The number of hydrogen-bond acceptors (Lipinski definition) is 2. The largest absolute Gasteiger partial charge is 0.287 e. The van der Waals surface area contributed by atoms with Crippen molar-refractivity contribution in [2.45, 2.75) is 76.9 Å². The zero-order valence-electron chi connectivity index (χ0n) is 23.6. The average Bonchev–Trinajstić information content (AvgIpc) is 3.36. The molecule has 39 heavy (non-hydrogen) atoms. The van der Waals surface area contributed by atoms with Gasteiger partial charge in [-0.25, -0.2) is 4.57 Å². The Hall–Kier alpha value is -3.86. The van der Waals surface area contributed by atoms with Crippen LogP contribution >= 0.6 is 0 Å². The summed E-state index contributed by atoms with van der Waals surface area (Å²) in [7, 11) is 0. The van der Waals surface area contributed by atoms with Gasteiger partial charge in [0.15, 0.2) is 11.7 Å². The van der Waals surface area contributed by atoms with Gasteiger partial charge in [0.2, 0.25) is 11.2 Å². The van der Waals surface area contributed by atoms with Crippen molar-refractivity contribution in [3.63, 3.8) is 0 Å². The molecule has 196 valence electrons. The van der Waals surface area contributed by atoms with Crippen LogP contribution in [0.2, 0.25) is 0 Å². The van der Waals surface area contributed by atoms with Gasteiger partial charge in [0, 0.05) is 28.7 Å². The summed E-state index contributed by atoms with van der Waals surface area (Å²) >= 11 is 0. The number of nitrogens with zero attached hydrogens (tertiary/aromatic N) is 5. The number of hydrogen-bond donors (Lipinski definition) is 0. The molecule has 1 spiro atoms. The van der Waals surface area contributed by atoms with Gasteiger partial charge in [0.1, 0.15) is 23.5 Å². The van der Waals surface area contributed by atoms with Gasteiger partial charge in [-0.3, -0.25) is 4.68 Å². The van der Waals surface area contributed by atoms with E-state index in [-0.39, 0.29) is 16.5 Å². The van der Waals surface area contributed by atoms with Crippen molar-refractivity contribution in [1.29, 1.82) is 0 Å². The molecule has 0 bridgehead atoms. The van der Waals surface area contributed by atoms with Crippen molar-refractivity contribution in [2.75, 3.05) is 0 Å². The maximum Gasteiger partial charge on any atom is 0.287 e. The quantitative estimate of drug-likeness (QED) is 0.258. The Morgan fingerprint density at radius 2 is 1.64 bits per heavy atom. The second-order valence-corrected chi connectivity index (χ2v) is 12.4. The van der Waals surface area contributed by atoms with E-state index in [1.807, 2.05) is 0 Å². The molecule has 0 saturated carbocycles. The lowest BCUT2D eigenvalue weighted by atomic mass is 9.73. The minimum absolute atomic E-state index is 0.0221. The van der Waals surface area contributed by atoms with Crippen molar-refractivity contribution in [2.24, 2.45) is 0 Å². The number of aromatic nitrogens is 5. The normalized spacial score (nSPS) is 19.2. The summed E-state index contributed by atoms with van der Waals surface area (Å²) in [6.07, 6.45) is 7.38. The third kappa shape index (κ3) is 3.32. The lowest BCUT2D eigenvalue weighted by Crippen LogP contribution is -2.67. The average molecular weight is 516 g/mol.